The van der Waals surface area contributed by atoms with Crippen LogP contribution >= 0.6 is 0 Å². The monoisotopic (exact) mass is 392 g/mol. The third-order valence-corrected chi connectivity index (χ3v) is 5.66. The van der Waals surface area contributed by atoms with Gasteiger partial charge in [-0.15, -0.1) is 0 Å². The number of likely N-dealkylation sites (N-methyl/N-ethyl adjacent to an activating group) is 1. The second-order valence-electron chi connectivity index (χ2n) is 7.63. The first-order valence-corrected chi connectivity index (χ1v) is 9.98. The van der Waals surface area contributed by atoms with Crippen molar-refractivity contribution < 1.29 is 19.1 Å². The number of piperidine rings is 1. The van der Waals surface area contributed by atoms with Gasteiger partial charge in [0, 0.05) is 31.2 Å². The van der Waals surface area contributed by atoms with Crippen LogP contribution in [-0.4, -0.2) is 66.3 Å². The molecule has 1 aliphatic heterocycles. The van der Waals surface area contributed by atoms with Gasteiger partial charge >= 0.3 is 12.0 Å². The normalized spacial score (nSPS) is 24.5. The summed E-state index contributed by atoms with van der Waals surface area (Å²) in [4.78, 5) is 27.1. The van der Waals surface area contributed by atoms with Crippen molar-refractivity contribution in [1.29, 1.82) is 0 Å². The summed E-state index contributed by atoms with van der Waals surface area (Å²) in [5.74, 6) is -1.07. The first kappa shape index (κ1) is 20.4. The van der Waals surface area contributed by atoms with Crippen LogP contribution in [0.2, 0.25) is 0 Å². The molecular formula is C20H29FN4O3. The molecule has 1 aromatic rings. The van der Waals surface area contributed by atoms with Crippen molar-refractivity contribution in [3.05, 3.63) is 30.1 Å². The molecule has 0 aromatic heterocycles. The van der Waals surface area contributed by atoms with Crippen LogP contribution in [0.25, 0.3) is 0 Å². The Morgan fingerprint density at radius 1 is 1.25 bits per heavy atom. The smallest absolute Gasteiger partial charge is 0.317 e. The van der Waals surface area contributed by atoms with E-state index in [-0.39, 0.29) is 36.5 Å². The number of hydrogen-bond acceptors (Lipinski definition) is 4. The maximum absolute atomic E-state index is 14.0. The van der Waals surface area contributed by atoms with E-state index < -0.39 is 5.97 Å². The number of halogens is 1. The van der Waals surface area contributed by atoms with Crippen molar-refractivity contribution >= 4 is 17.7 Å². The van der Waals surface area contributed by atoms with Gasteiger partial charge in [-0.3, -0.25) is 9.69 Å². The summed E-state index contributed by atoms with van der Waals surface area (Å²) in [6.45, 7) is 4.03. The number of anilines is 1. The number of carbonyl (C=O) groups is 2. The molecule has 7 nitrogen and oxygen atoms in total. The number of aliphatic carboxylic acids is 1. The van der Waals surface area contributed by atoms with E-state index in [1.807, 2.05) is 22.8 Å². The third-order valence-electron chi connectivity index (χ3n) is 5.66. The molecule has 2 aliphatic rings. The molecule has 0 radical (unpaired) electrons. The lowest BCUT2D eigenvalue weighted by Gasteiger charge is -2.42. The van der Waals surface area contributed by atoms with Gasteiger partial charge in [-0.05, 0) is 44.4 Å². The van der Waals surface area contributed by atoms with Gasteiger partial charge in [0.2, 0.25) is 0 Å². The molecule has 3 N–H and O–H groups in total. The number of nitrogens with one attached hydrogen (secondary N) is 2. The molecule has 0 spiro atoms. The zero-order chi connectivity index (χ0) is 20.1. The quantitative estimate of drug-likeness (QED) is 0.661. The van der Waals surface area contributed by atoms with Crippen molar-refractivity contribution in [3.63, 3.8) is 0 Å². The van der Waals surface area contributed by atoms with E-state index in [0.29, 0.717) is 18.8 Å². The standard InChI is InChI=1S/C20H29FN4O3/c1-2-24(13-19(26)27)16-10-15(11-16)23-20(28)22-14-6-5-9-25(12-14)18-8-4-3-7-17(18)21/h3-4,7-8,14-16H,2,5-6,9-13H2,1H3,(H,26,27)(H2,22,23,28). The maximum Gasteiger partial charge on any atom is 0.317 e. The van der Waals surface area contributed by atoms with Crippen molar-refractivity contribution in [2.45, 2.75) is 50.7 Å². The number of carbonyl (C=O) groups excluding carboxylic acids is 1. The lowest BCUT2D eigenvalue weighted by atomic mass is 9.85. The average molecular weight is 392 g/mol. The van der Waals surface area contributed by atoms with Crippen molar-refractivity contribution in [1.82, 2.24) is 15.5 Å². The third kappa shape index (κ3) is 5.13. The van der Waals surface area contributed by atoms with Crippen LogP contribution in [0.3, 0.4) is 0 Å². The summed E-state index contributed by atoms with van der Waals surface area (Å²) in [5.41, 5.74) is 0.578. The van der Waals surface area contributed by atoms with E-state index in [2.05, 4.69) is 10.6 Å². The van der Waals surface area contributed by atoms with E-state index in [0.717, 1.165) is 32.2 Å². The molecular weight excluding hydrogens is 363 g/mol. The fraction of sp³-hybridized carbons (Fsp3) is 0.600. The molecule has 1 saturated carbocycles. The summed E-state index contributed by atoms with van der Waals surface area (Å²) < 4.78 is 14.0. The van der Waals surface area contributed by atoms with Gasteiger partial charge in [0.05, 0.1) is 12.2 Å². The van der Waals surface area contributed by atoms with Crippen LogP contribution in [0.5, 0.6) is 0 Å². The molecule has 1 atom stereocenters. The Morgan fingerprint density at radius 3 is 2.64 bits per heavy atom. The van der Waals surface area contributed by atoms with E-state index in [1.165, 1.54) is 6.07 Å². The van der Waals surface area contributed by atoms with Crippen molar-refractivity contribution in [2.24, 2.45) is 0 Å². The Bertz CT molecular complexity index is 696. The second-order valence-corrected chi connectivity index (χ2v) is 7.63. The second kappa shape index (κ2) is 9.23. The van der Waals surface area contributed by atoms with Gasteiger partial charge in [-0.1, -0.05) is 19.1 Å². The molecule has 154 valence electrons. The number of hydrogen-bond donors (Lipinski definition) is 3. The number of para-hydroxylation sites is 1. The van der Waals surface area contributed by atoms with Gasteiger partial charge in [0.15, 0.2) is 0 Å². The molecule has 28 heavy (non-hydrogen) atoms. The predicted octanol–water partition coefficient (Wildman–Crippen LogP) is 2.03. The number of rotatable bonds is 7. The molecule has 1 unspecified atom stereocenters. The van der Waals surface area contributed by atoms with Crippen LogP contribution in [0, 0.1) is 5.82 Å². The van der Waals surface area contributed by atoms with Crippen LogP contribution in [0.15, 0.2) is 24.3 Å². The topological polar surface area (TPSA) is 84.9 Å². The Balaban J connectivity index is 1.43. The summed E-state index contributed by atoms with van der Waals surface area (Å²) in [5, 5.41) is 14.9. The van der Waals surface area contributed by atoms with E-state index >= 15 is 0 Å². The highest BCUT2D eigenvalue weighted by Gasteiger charge is 2.35. The molecule has 8 heteroatoms. The SMILES string of the molecule is CCN(CC(=O)O)C1CC(NC(=O)NC2CCCN(c3ccccc3F)C2)C1. The molecule has 0 bridgehead atoms. The van der Waals surface area contributed by atoms with Crippen molar-refractivity contribution in [3.8, 4) is 0 Å². The summed E-state index contributed by atoms with van der Waals surface area (Å²) in [7, 11) is 0. The maximum atomic E-state index is 14.0. The van der Waals surface area contributed by atoms with Gasteiger partial charge in [-0.25, -0.2) is 9.18 Å². The Kier molecular flexibility index (Phi) is 6.72. The van der Waals surface area contributed by atoms with Gasteiger partial charge in [-0.2, -0.15) is 0 Å². The Morgan fingerprint density at radius 2 is 1.96 bits per heavy atom. The van der Waals surface area contributed by atoms with Crippen LogP contribution < -0.4 is 15.5 Å². The number of nitrogens with zero attached hydrogens (tertiary/aromatic N) is 2. The van der Waals surface area contributed by atoms with Gasteiger partial charge < -0.3 is 20.6 Å². The largest absolute Gasteiger partial charge is 0.480 e. The molecule has 1 saturated heterocycles. The lowest BCUT2D eigenvalue weighted by Crippen LogP contribution is -2.58. The zero-order valence-electron chi connectivity index (χ0n) is 16.2. The van der Waals surface area contributed by atoms with Crippen LogP contribution in [0.1, 0.15) is 32.6 Å². The summed E-state index contributed by atoms with van der Waals surface area (Å²) in [6, 6.07) is 6.76. The Labute approximate surface area is 164 Å². The van der Waals surface area contributed by atoms with E-state index in [4.69, 9.17) is 5.11 Å². The van der Waals surface area contributed by atoms with E-state index in [9.17, 15) is 14.0 Å². The molecule has 1 aromatic carbocycles. The van der Waals surface area contributed by atoms with Crippen LogP contribution in [0.4, 0.5) is 14.9 Å². The fourth-order valence-electron chi connectivity index (χ4n) is 4.11. The summed E-state index contributed by atoms with van der Waals surface area (Å²) in [6.07, 6.45) is 3.29. The highest BCUT2D eigenvalue weighted by Crippen LogP contribution is 2.26. The predicted molar refractivity (Wildman–Crippen MR) is 105 cm³/mol. The van der Waals surface area contributed by atoms with Gasteiger partial charge in [0.25, 0.3) is 0 Å². The van der Waals surface area contributed by atoms with E-state index in [1.54, 1.807) is 12.1 Å². The number of benzene rings is 1. The minimum Gasteiger partial charge on any atom is -0.480 e. The van der Waals surface area contributed by atoms with Gasteiger partial charge in [0.1, 0.15) is 5.82 Å². The molecule has 3 rings (SSSR count). The number of amides is 2. The average Bonchev–Trinajstić information content (AvgIpc) is 2.63. The fourth-order valence-corrected chi connectivity index (χ4v) is 4.11. The van der Waals surface area contributed by atoms with Crippen LogP contribution in [-0.2, 0) is 4.79 Å². The lowest BCUT2D eigenvalue weighted by molar-refractivity contribution is -0.139. The number of carboxylic acid groups (broad SMARTS) is 1. The number of carboxylic acids is 1. The minimum absolute atomic E-state index is 0.0246. The highest BCUT2D eigenvalue weighted by atomic mass is 19.1. The number of urea groups is 1. The molecule has 1 heterocycles. The first-order chi connectivity index (χ1) is 13.5. The Hall–Kier alpha value is -2.35. The molecule has 2 fully saturated rings. The highest BCUT2D eigenvalue weighted by molar-refractivity contribution is 5.75. The van der Waals surface area contributed by atoms with Crippen molar-refractivity contribution in [2.75, 3.05) is 31.1 Å². The minimum atomic E-state index is -0.826. The zero-order valence-corrected chi connectivity index (χ0v) is 16.2. The summed E-state index contributed by atoms with van der Waals surface area (Å²) >= 11 is 0. The first-order valence-electron chi connectivity index (χ1n) is 9.98. The molecule has 2 amide bonds. The molecule has 1 aliphatic carbocycles.